The van der Waals surface area contributed by atoms with Crippen molar-refractivity contribution in [2.24, 2.45) is 0 Å². The van der Waals surface area contributed by atoms with E-state index in [2.05, 4.69) is 21.0 Å². The minimum absolute atomic E-state index is 0.000573. The smallest absolute Gasteiger partial charge is 0.430 e. The molecule has 3 heterocycles. The zero-order valence-corrected chi connectivity index (χ0v) is 21.0. The van der Waals surface area contributed by atoms with Crippen molar-refractivity contribution in [2.75, 3.05) is 46.5 Å². The molecule has 35 heavy (non-hydrogen) atoms. The highest BCUT2D eigenvalue weighted by Crippen LogP contribution is 2.35. The van der Waals surface area contributed by atoms with Crippen LogP contribution in [0.5, 0.6) is 0 Å². The van der Waals surface area contributed by atoms with E-state index in [9.17, 15) is 9.59 Å². The molecule has 3 aliphatic rings. The van der Waals surface area contributed by atoms with Crippen molar-refractivity contribution >= 4 is 12.0 Å². The number of rotatable bonds is 9. The van der Waals surface area contributed by atoms with Gasteiger partial charge in [-0.2, -0.15) is 5.01 Å². The first kappa shape index (κ1) is 25.6. The van der Waals surface area contributed by atoms with Crippen LogP contribution >= 0.6 is 0 Å². The second kappa shape index (κ2) is 12.0. The number of hydrazine groups is 2. The molecule has 1 fully saturated rings. The van der Waals surface area contributed by atoms with Crippen molar-refractivity contribution in [3.8, 4) is 0 Å². The topological polar surface area (TPSA) is 98.4 Å². The molecule has 3 unspecified atom stereocenters. The lowest BCUT2D eigenvalue weighted by Gasteiger charge is -2.36. The van der Waals surface area contributed by atoms with Gasteiger partial charge in [0.25, 0.3) is 5.91 Å². The molecule has 0 bridgehead atoms. The number of likely N-dealkylation sites (tertiary alicyclic amines) is 1. The lowest BCUT2D eigenvalue weighted by Crippen LogP contribution is -2.62. The van der Waals surface area contributed by atoms with Gasteiger partial charge in [-0.25, -0.2) is 10.2 Å². The maximum absolute atomic E-state index is 13.3. The first-order chi connectivity index (χ1) is 17.0. The summed E-state index contributed by atoms with van der Waals surface area (Å²) in [5.41, 5.74) is 5.82. The highest BCUT2D eigenvalue weighted by atomic mass is 16.6. The van der Waals surface area contributed by atoms with Crippen molar-refractivity contribution in [3.63, 3.8) is 0 Å². The number of benzene rings is 1. The molecule has 192 valence electrons. The Labute approximate surface area is 207 Å². The van der Waals surface area contributed by atoms with Gasteiger partial charge >= 0.3 is 6.09 Å². The molecule has 1 aromatic carbocycles. The molecule has 3 aliphatic heterocycles. The molecule has 10 nitrogen and oxygen atoms in total. The first-order valence-electron chi connectivity index (χ1n) is 12.6. The Kier molecular flexibility index (Phi) is 8.74. The molecule has 4 rings (SSSR count). The Morgan fingerprint density at radius 1 is 1.20 bits per heavy atom. The van der Waals surface area contributed by atoms with E-state index >= 15 is 0 Å². The molecule has 3 atom stereocenters. The van der Waals surface area contributed by atoms with E-state index in [1.165, 1.54) is 12.8 Å². The summed E-state index contributed by atoms with van der Waals surface area (Å²) in [6.07, 6.45) is 2.02. The Hall–Kier alpha value is -2.50. The molecule has 1 saturated heterocycles. The molecular formula is C25H38N6O4. The molecular weight excluding hydrogens is 448 g/mol. The number of nitrogens with zero attached hydrogens (tertiary/aromatic N) is 3. The predicted octanol–water partition coefficient (Wildman–Crippen LogP) is 1.68. The summed E-state index contributed by atoms with van der Waals surface area (Å²) in [5, 5.41) is 10.1. The quantitative estimate of drug-likeness (QED) is 0.485. The van der Waals surface area contributed by atoms with E-state index in [4.69, 9.17) is 9.47 Å². The van der Waals surface area contributed by atoms with Crippen LogP contribution in [0.2, 0.25) is 0 Å². The number of hydrogen-bond acceptors (Lipinski definition) is 8. The van der Waals surface area contributed by atoms with Crippen molar-refractivity contribution < 1.29 is 19.1 Å². The fourth-order valence-electron chi connectivity index (χ4n) is 5.12. The summed E-state index contributed by atoms with van der Waals surface area (Å²) in [7, 11) is 1.64. The summed E-state index contributed by atoms with van der Waals surface area (Å²) in [5.74, 6) is -0.204. The number of ether oxygens (including phenoxy) is 2. The van der Waals surface area contributed by atoms with Gasteiger partial charge in [0.2, 0.25) is 0 Å². The summed E-state index contributed by atoms with van der Waals surface area (Å²) in [6.45, 7) is 8.17. The molecule has 0 aromatic heterocycles. The number of carbonyl (C=O) groups is 2. The van der Waals surface area contributed by atoms with E-state index in [-0.39, 0.29) is 24.6 Å². The SMILES string of the molecule is CCOC(=O)N1C2=C(C(CN3CCCC3)NCC2)C(NC(=O)c2ccccc2)N1NC(C)COC. The van der Waals surface area contributed by atoms with Crippen LogP contribution in [0.1, 0.15) is 43.5 Å². The summed E-state index contributed by atoms with van der Waals surface area (Å²) in [4.78, 5) is 29.0. The molecule has 0 saturated carbocycles. The standard InChI is InChI=1S/C25H38N6O4/c1-4-35-25(33)30-21-12-13-26-20(16-29-14-8-9-15-29)22(21)23(31(30)28-18(2)17-34-3)27-24(32)19-10-6-5-7-11-19/h5-7,10-11,18,20,23,26,28H,4,8-9,12-17H2,1-3H3,(H,27,32). The first-order valence-corrected chi connectivity index (χ1v) is 12.6. The Morgan fingerprint density at radius 2 is 1.94 bits per heavy atom. The van der Waals surface area contributed by atoms with Crippen LogP contribution in [0.25, 0.3) is 0 Å². The molecule has 1 aromatic rings. The molecule has 0 spiro atoms. The maximum atomic E-state index is 13.3. The molecule has 0 aliphatic carbocycles. The van der Waals surface area contributed by atoms with E-state index in [0.717, 1.165) is 37.4 Å². The molecule has 3 N–H and O–H groups in total. The minimum atomic E-state index is -0.568. The number of methoxy groups -OCH3 is 1. The number of nitrogens with one attached hydrogen (secondary N) is 3. The number of amides is 2. The fraction of sp³-hybridized carbons (Fsp3) is 0.600. The van der Waals surface area contributed by atoms with E-state index in [1.807, 2.05) is 25.1 Å². The second-order valence-electron chi connectivity index (χ2n) is 9.25. The Bertz CT molecular complexity index is 904. The van der Waals surface area contributed by atoms with Crippen molar-refractivity contribution in [3.05, 3.63) is 47.2 Å². The largest absolute Gasteiger partial charge is 0.448 e. The van der Waals surface area contributed by atoms with Crippen LogP contribution in [0.4, 0.5) is 4.79 Å². The van der Waals surface area contributed by atoms with Crippen LogP contribution in [-0.4, -0.2) is 91.8 Å². The van der Waals surface area contributed by atoms with Gasteiger partial charge in [-0.1, -0.05) is 18.2 Å². The van der Waals surface area contributed by atoms with E-state index in [0.29, 0.717) is 18.6 Å². The van der Waals surface area contributed by atoms with Gasteiger partial charge in [0.1, 0.15) is 6.17 Å². The van der Waals surface area contributed by atoms with Gasteiger partial charge in [0.05, 0.1) is 13.2 Å². The lowest BCUT2D eigenvalue weighted by molar-refractivity contribution is -0.0614. The minimum Gasteiger partial charge on any atom is -0.448 e. The third-order valence-corrected chi connectivity index (χ3v) is 6.62. The monoisotopic (exact) mass is 486 g/mol. The van der Waals surface area contributed by atoms with Crippen molar-refractivity contribution in [2.45, 2.75) is 51.4 Å². The second-order valence-corrected chi connectivity index (χ2v) is 9.25. The fourth-order valence-corrected chi connectivity index (χ4v) is 5.12. The number of hydrogen-bond donors (Lipinski definition) is 3. The predicted molar refractivity (Wildman–Crippen MR) is 132 cm³/mol. The van der Waals surface area contributed by atoms with Gasteiger partial charge < -0.3 is 25.0 Å². The highest BCUT2D eigenvalue weighted by Gasteiger charge is 2.48. The van der Waals surface area contributed by atoms with Gasteiger partial charge in [-0.05, 0) is 51.9 Å². The van der Waals surface area contributed by atoms with E-state index in [1.54, 1.807) is 36.3 Å². The third-order valence-electron chi connectivity index (χ3n) is 6.62. The normalized spacial score (nSPS) is 23.9. The third kappa shape index (κ3) is 5.84. The lowest BCUT2D eigenvalue weighted by atomic mass is 9.96. The Balaban J connectivity index is 1.70. The van der Waals surface area contributed by atoms with E-state index < -0.39 is 12.3 Å². The zero-order chi connectivity index (χ0) is 24.8. The summed E-state index contributed by atoms with van der Waals surface area (Å²) >= 11 is 0. The van der Waals surface area contributed by atoms with Crippen LogP contribution in [0.15, 0.2) is 41.6 Å². The van der Waals surface area contributed by atoms with Crippen LogP contribution < -0.4 is 16.1 Å². The molecule has 2 amide bonds. The molecule has 10 heteroatoms. The van der Waals surface area contributed by atoms with Gasteiger partial charge in [-0.15, -0.1) is 5.12 Å². The van der Waals surface area contributed by atoms with Crippen molar-refractivity contribution in [1.82, 2.24) is 31.1 Å². The maximum Gasteiger partial charge on any atom is 0.430 e. The summed E-state index contributed by atoms with van der Waals surface area (Å²) < 4.78 is 10.8. The zero-order valence-electron chi connectivity index (χ0n) is 21.0. The van der Waals surface area contributed by atoms with Gasteiger partial charge in [0.15, 0.2) is 0 Å². The van der Waals surface area contributed by atoms with Crippen LogP contribution in [0.3, 0.4) is 0 Å². The average molecular weight is 487 g/mol. The highest BCUT2D eigenvalue weighted by molar-refractivity contribution is 5.94. The van der Waals surface area contributed by atoms with Gasteiger partial charge in [-0.3, -0.25) is 4.79 Å². The van der Waals surface area contributed by atoms with Gasteiger partial charge in [0, 0.05) is 55.5 Å². The summed E-state index contributed by atoms with van der Waals surface area (Å²) in [6, 6.07) is 9.03. The molecule has 0 radical (unpaired) electrons. The average Bonchev–Trinajstić information content (AvgIpc) is 3.47. The van der Waals surface area contributed by atoms with Crippen LogP contribution in [-0.2, 0) is 9.47 Å². The Morgan fingerprint density at radius 3 is 2.63 bits per heavy atom. The van der Waals surface area contributed by atoms with Crippen LogP contribution in [0, 0.1) is 0 Å². The number of carbonyl (C=O) groups excluding carboxylic acids is 2. The van der Waals surface area contributed by atoms with Crippen molar-refractivity contribution in [1.29, 1.82) is 0 Å².